The summed E-state index contributed by atoms with van der Waals surface area (Å²) in [6.07, 6.45) is 0.784. The van der Waals surface area contributed by atoms with Crippen LogP contribution in [0.5, 0.6) is 0 Å². The number of nitrogens with one attached hydrogen (secondary N) is 1. The van der Waals surface area contributed by atoms with Crippen molar-refractivity contribution in [3.8, 4) is 0 Å². The van der Waals surface area contributed by atoms with Gasteiger partial charge in [0.1, 0.15) is 5.82 Å². The van der Waals surface area contributed by atoms with Gasteiger partial charge in [-0.15, -0.1) is 0 Å². The molecule has 0 atom stereocenters. The van der Waals surface area contributed by atoms with Gasteiger partial charge in [0.05, 0.1) is 11.3 Å². The largest absolute Gasteiger partial charge is 0.478 e. The van der Waals surface area contributed by atoms with E-state index in [2.05, 4.69) is 5.32 Å². The molecule has 2 rings (SSSR count). The summed E-state index contributed by atoms with van der Waals surface area (Å²) in [5.74, 6) is -1.76. The predicted octanol–water partition coefficient (Wildman–Crippen LogP) is 3.72. The summed E-state index contributed by atoms with van der Waals surface area (Å²) in [5.41, 5.74) is 8.20. The van der Waals surface area contributed by atoms with Gasteiger partial charge in [-0.3, -0.25) is 0 Å². The first-order valence-electron chi connectivity index (χ1n) is 6.61. The molecular formula is C16H17FN2O2. The van der Waals surface area contributed by atoms with E-state index in [0.29, 0.717) is 0 Å². The number of para-hydroxylation sites is 1. The second-order valence-corrected chi connectivity index (χ2v) is 4.81. The molecule has 0 saturated heterocycles. The van der Waals surface area contributed by atoms with E-state index in [1.165, 1.54) is 6.07 Å². The molecule has 2 aromatic rings. The highest BCUT2D eigenvalue weighted by Gasteiger charge is 2.14. The average molecular weight is 288 g/mol. The van der Waals surface area contributed by atoms with Crippen LogP contribution in [0.25, 0.3) is 0 Å². The van der Waals surface area contributed by atoms with Crippen LogP contribution < -0.4 is 11.1 Å². The van der Waals surface area contributed by atoms with Crippen molar-refractivity contribution in [2.75, 3.05) is 11.1 Å². The van der Waals surface area contributed by atoms with Gasteiger partial charge in [-0.25, -0.2) is 9.18 Å². The number of hydrogen-bond donors (Lipinski definition) is 3. The molecule has 0 unspecified atom stereocenters. The van der Waals surface area contributed by atoms with Gasteiger partial charge in [-0.05, 0) is 36.6 Å². The van der Waals surface area contributed by atoms with Gasteiger partial charge in [0.15, 0.2) is 0 Å². The maximum atomic E-state index is 14.0. The summed E-state index contributed by atoms with van der Waals surface area (Å²) >= 11 is 0. The van der Waals surface area contributed by atoms with Crippen LogP contribution in [-0.2, 0) is 6.42 Å². The number of carboxylic acids is 1. The lowest BCUT2D eigenvalue weighted by atomic mass is 10.0. The molecule has 0 fully saturated rings. The number of benzene rings is 2. The third kappa shape index (κ3) is 2.97. The maximum Gasteiger partial charge on any atom is 0.337 e. The number of rotatable bonds is 4. The van der Waals surface area contributed by atoms with Crippen molar-refractivity contribution in [2.24, 2.45) is 0 Å². The van der Waals surface area contributed by atoms with Gasteiger partial charge in [0.25, 0.3) is 0 Å². The molecule has 110 valence electrons. The van der Waals surface area contributed by atoms with Crippen molar-refractivity contribution in [3.05, 3.63) is 52.8 Å². The minimum absolute atomic E-state index is 0.0916. The number of carbonyl (C=O) groups is 1. The SMILES string of the molecule is CCc1cccc(C)c1Nc1cc(C(=O)O)c(N)cc1F. The van der Waals surface area contributed by atoms with Gasteiger partial charge >= 0.3 is 5.97 Å². The maximum absolute atomic E-state index is 14.0. The molecule has 21 heavy (non-hydrogen) atoms. The van der Waals surface area contributed by atoms with E-state index in [1.807, 2.05) is 32.0 Å². The van der Waals surface area contributed by atoms with E-state index in [1.54, 1.807) is 0 Å². The fraction of sp³-hybridized carbons (Fsp3) is 0.188. The van der Waals surface area contributed by atoms with Crippen LogP contribution in [0, 0.1) is 12.7 Å². The van der Waals surface area contributed by atoms with E-state index < -0.39 is 11.8 Å². The van der Waals surface area contributed by atoms with Crippen molar-refractivity contribution in [2.45, 2.75) is 20.3 Å². The third-order valence-electron chi connectivity index (χ3n) is 3.37. The number of nitrogen functional groups attached to an aromatic ring is 1. The van der Waals surface area contributed by atoms with Crippen molar-refractivity contribution in [1.29, 1.82) is 0 Å². The molecule has 0 bridgehead atoms. The van der Waals surface area contributed by atoms with Crippen LogP contribution in [-0.4, -0.2) is 11.1 Å². The second-order valence-electron chi connectivity index (χ2n) is 4.81. The quantitative estimate of drug-likeness (QED) is 0.749. The second kappa shape index (κ2) is 5.83. The molecule has 0 spiro atoms. The van der Waals surface area contributed by atoms with Crippen molar-refractivity contribution < 1.29 is 14.3 Å². The standard InChI is InChI=1S/C16H17FN2O2/c1-3-10-6-4-5-9(2)15(10)19-14-7-11(16(20)21)13(18)8-12(14)17/h4-8,19H,3,18H2,1-2H3,(H,20,21). The number of aromatic carboxylic acids is 1. The van der Waals surface area contributed by atoms with Gasteiger partial charge in [-0.2, -0.15) is 0 Å². The molecule has 0 aliphatic carbocycles. The van der Waals surface area contributed by atoms with Crippen LogP contribution in [0.2, 0.25) is 0 Å². The summed E-state index contributed by atoms with van der Waals surface area (Å²) in [4.78, 5) is 11.1. The number of anilines is 3. The average Bonchev–Trinajstić information content (AvgIpc) is 2.43. The smallest absolute Gasteiger partial charge is 0.337 e. The van der Waals surface area contributed by atoms with Crippen LogP contribution in [0.1, 0.15) is 28.4 Å². The fourth-order valence-corrected chi connectivity index (χ4v) is 2.21. The first-order valence-corrected chi connectivity index (χ1v) is 6.61. The zero-order valence-corrected chi connectivity index (χ0v) is 11.9. The number of halogens is 1. The minimum atomic E-state index is -1.18. The Labute approximate surface area is 122 Å². The third-order valence-corrected chi connectivity index (χ3v) is 3.37. The Bertz CT molecular complexity index is 699. The molecule has 0 saturated carbocycles. The molecule has 2 aromatic carbocycles. The molecule has 0 aromatic heterocycles. The van der Waals surface area contributed by atoms with Gasteiger partial charge in [0, 0.05) is 11.4 Å². The van der Waals surface area contributed by atoms with Crippen LogP contribution >= 0.6 is 0 Å². The Hall–Kier alpha value is -2.56. The zero-order valence-electron chi connectivity index (χ0n) is 11.9. The highest BCUT2D eigenvalue weighted by atomic mass is 19.1. The van der Waals surface area contributed by atoms with E-state index in [4.69, 9.17) is 10.8 Å². The Kier molecular flexibility index (Phi) is 4.12. The number of carboxylic acid groups (broad SMARTS) is 1. The highest BCUT2D eigenvalue weighted by molar-refractivity contribution is 5.95. The summed E-state index contributed by atoms with van der Waals surface area (Å²) in [6, 6.07) is 8.04. The summed E-state index contributed by atoms with van der Waals surface area (Å²) in [5, 5.41) is 12.1. The van der Waals surface area contributed by atoms with Crippen LogP contribution in [0.3, 0.4) is 0 Å². The van der Waals surface area contributed by atoms with E-state index in [0.717, 1.165) is 29.3 Å². The molecule has 0 aliphatic heterocycles. The molecule has 0 amide bonds. The molecule has 4 nitrogen and oxygen atoms in total. The predicted molar refractivity (Wildman–Crippen MR) is 81.6 cm³/mol. The van der Waals surface area contributed by atoms with E-state index in [9.17, 15) is 9.18 Å². The first-order chi connectivity index (χ1) is 9.93. The number of hydrogen-bond acceptors (Lipinski definition) is 3. The monoisotopic (exact) mass is 288 g/mol. The molecule has 0 radical (unpaired) electrons. The van der Waals surface area contributed by atoms with Crippen molar-refractivity contribution in [3.63, 3.8) is 0 Å². The number of nitrogens with two attached hydrogens (primary N) is 1. The molecule has 0 aliphatic rings. The van der Waals surface area contributed by atoms with Gasteiger partial charge in [-0.1, -0.05) is 25.1 Å². The highest BCUT2D eigenvalue weighted by Crippen LogP contribution is 2.29. The normalized spacial score (nSPS) is 10.4. The zero-order chi connectivity index (χ0) is 15.6. The number of aryl methyl sites for hydroxylation is 2. The Morgan fingerprint density at radius 1 is 1.38 bits per heavy atom. The van der Waals surface area contributed by atoms with Crippen LogP contribution in [0.15, 0.2) is 30.3 Å². The lowest BCUT2D eigenvalue weighted by molar-refractivity contribution is 0.0698. The molecule has 4 N–H and O–H groups in total. The lowest BCUT2D eigenvalue weighted by Crippen LogP contribution is -2.06. The van der Waals surface area contributed by atoms with Gasteiger partial charge in [0.2, 0.25) is 0 Å². The Morgan fingerprint density at radius 2 is 2.10 bits per heavy atom. The first kappa shape index (κ1) is 14.8. The molecule has 5 heteroatoms. The molecule has 0 heterocycles. The van der Waals surface area contributed by atoms with E-state index >= 15 is 0 Å². The summed E-state index contributed by atoms with van der Waals surface area (Å²) in [6.45, 7) is 3.91. The summed E-state index contributed by atoms with van der Waals surface area (Å²) in [7, 11) is 0. The van der Waals surface area contributed by atoms with Gasteiger partial charge < -0.3 is 16.2 Å². The fourth-order valence-electron chi connectivity index (χ4n) is 2.21. The Morgan fingerprint density at radius 3 is 2.71 bits per heavy atom. The van der Waals surface area contributed by atoms with Crippen molar-refractivity contribution in [1.82, 2.24) is 0 Å². The van der Waals surface area contributed by atoms with E-state index in [-0.39, 0.29) is 16.9 Å². The Balaban J connectivity index is 2.50. The minimum Gasteiger partial charge on any atom is -0.478 e. The lowest BCUT2D eigenvalue weighted by Gasteiger charge is -2.15. The summed E-state index contributed by atoms with van der Waals surface area (Å²) < 4.78 is 14.0. The van der Waals surface area contributed by atoms with Crippen molar-refractivity contribution >= 4 is 23.0 Å². The topological polar surface area (TPSA) is 75.3 Å². The van der Waals surface area contributed by atoms with Crippen LogP contribution in [0.4, 0.5) is 21.5 Å². The molecular weight excluding hydrogens is 271 g/mol.